The van der Waals surface area contributed by atoms with Gasteiger partial charge in [0.25, 0.3) is 0 Å². The molecule has 1 aromatic carbocycles. The first-order valence-electron chi connectivity index (χ1n) is 5.92. The van der Waals surface area contributed by atoms with Crippen LogP contribution in [0, 0.1) is 0 Å². The number of fused-ring (bicyclic) bond motifs is 2. The molecule has 0 bridgehead atoms. The lowest BCUT2D eigenvalue weighted by atomic mass is 10.2. The van der Waals surface area contributed by atoms with Crippen molar-refractivity contribution in [3.05, 3.63) is 48.2 Å². The van der Waals surface area contributed by atoms with Crippen LogP contribution in [-0.2, 0) is 16.0 Å². The molecule has 3 rings (SSSR count). The number of allylic oxidation sites excluding steroid dienone is 2. The van der Waals surface area contributed by atoms with E-state index in [4.69, 9.17) is 0 Å². The zero-order valence-electron chi connectivity index (χ0n) is 10.5. The van der Waals surface area contributed by atoms with E-state index in [-0.39, 0.29) is 16.5 Å². The summed E-state index contributed by atoms with van der Waals surface area (Å²) in [5.74, 6) is -0.0652. The fourth-order valence-corrected chi connectivity index (χ4v) is 3.52. The quantitative estimate of drug-likeness (QED) is 0.740. The molecule has 0 saturated carbocycles. The van der Waals surface area contributed by atoms with Gasteiger partial charge in [0.1, 0.15) is 11.7 Å². The van der Waals surface area contributed by atoms with Crippen molar-refractivity contribution in [1.29, 1.82) is 0 Å². The van der Waals surface area contributed by atoms with Crippen LogP contribution in [0.3, 0.4) is 0 Å². The molecule has 0 spiro atoms. The normalized spacial score (nSPS) is 19.6. The number of amidine groups is 1. The average molecular weight is 314 g/mol. The zero-order valence-corrected chi connectivity index (χ0v) is 11.3. The van der Waals surface area contributed by atoms with E-state index in [0.29, 0.717) is 5.84 Å². The topological polar surface area (TPSA) is 49.7 Å². The van der Waals surface area contributed by atoms with Crippen LogP contribution < -0.4 is 0 Å². The van der Waals surface area contributed by atoms with E-state index in [1.807, 2.05) is 0 Å². The van der Waals surface area contributed by atoms with E-state index in [1.165, 1.54) is 11.1 Å². The van der Waals surface area contributed by atoms with Gasteiger partial charge in [0.2, 0.25) is 0 Å². The van der Waals surface area contributed by atoms with Crippen molar-refractivity contribution >= 4 is 21.4 Å². The maximum atomic E-state index is 12.8. The van der Waals surface area contributed by atoms with Crippen molar-refractivity contribution in [2.45, 2.75) is 11.1 Å². The minimum absolute atomic E-state index is 0.192. The third kappa shape index (κ3) is 2.46. The molecule has 1 aromatic rings. The number of halogens is 3. The number of rotatable bonds is 0. The maximum Gasteiger partial charge on any atom is 0.416 e. The molecule has 0 atom stereocenters. The minimum atomic E-state index is -4.55. The van der Waals surface area contributed by atoms with Crippen molar-refractivity contribution in [3.63, 3.8) is 0 Å². The molecule has 21 heavy (non-hydrogen) atoms. The van der Waals surface area contributed by atoms with Crippen molar-refractivity contribution < 1.29 is 21.6 Å². The number of benzene rings is 1. The van der Waals surface area contributed by atoms with Crippen LogP contribution in [0.4, 0.5) is 18.9 Å². The molecule has 0 saturated heterocycles. The second kappa shape index (κ2) is 4.45. The number of nitrogens with zero attached hydrogens (tertiary/aromatic N) is 2. The maximum absolute atomic E-state index is 12.8. The Balaban J connectivity index is 2.23. The third-order valence-corrected chi connectivity index (χ3v) is 4.72. The van der Waals surface area contributed by atoms with Crippen molar-refractivity contribution in [1.82, 2.24) is 4.90 Å². The first kappa shape index (κ1) is 13.9. The first-order chi connectivity index (χ1) is 9.77. The largest absolute Gasteiger partial charge is 0.416 e. The van der Waals surface area contributed by atoms with Gasteiger partial charge in [0.15, 0.2) is 9.84 Å². The highest BCUT2D eigenvalue weighted by atomic mass is 32.2. The standard InChI is InChI=1S/C13H9F3N2O2S/c14-13(15,16)9-4-5-11-10(7-9)17-12-3-1-2-6-18(12)8-21(11,19)20/h1-7H,8H2. The van der Waals surface area contributed by atoms with E-state index in [1.54, 1.807) is 18.2 Å². The Labute approximate surface area is 118 Å². The Hall–Kier alpha value is -2.09. The summed E-state index contributed by atoms with van der Waals surface area (Å²) in [6.07, 6.45) is 1.79. The molecule has 8 heteroatoms. The van der Waals surface area contributed by atoms with Gasteiger partial charge < -0.3 is 4.90 Å². The monoisotopic (exact) mass is 314 g/mol. The summed E-state index contributed by atoms with van der Waals surface area (Å²) in [5, 5.41) is 0. The van der Waals surface area contributed by atoms with Gasteiger partial charge in [-0.15, -0.1) is 0 Å². The molecule has 0 unspecified atom stereocenters. The Morgan fingerprint density at radius 1 is 1.19 bits per heavy atom. The summed E-state index contributed by atoms with van der Waals surface area (Å²) in [6.45, 7) is 0. The summed E-state index contributed by atoms with van der Waals surface area (Å²) in [4.78, 5) is 5.24. The van der Waals surface area contributed by atoms with Crippen molar-refractivity contribution in [3.8, 4) is 0 Å². The molecular formula is C13H9F3N2O2S. The highest BCUT2D eigenvalue weighted by Crippen LogP contribution is 2.36. The van der Waals surface area contributed by atoms with E-state index < -0.39 is 21.6 Å². The van der Waals surface area contributed by atoms with Gasteiger partial charge >= 0.3 is 6.18 Å². The second-order valence-corrected chi connectivity index (χ2v) is 6.49. The predicted octanol–water partition coefficient (Wildman–Crippen LogP) is 2.87. The van der Waals surface area contributed by atoms with Crippen LogP contribution in [0.1, 0.15) is 5.56 Å². The highest BCUT2D eigenvalue weighted by Gasteiger charge is 2.34. The number of sulfone groups is 1. The van der Waals surface area contributed by atoms with Gasteiger partial charge in [-0.1, -0.05) is 6.08 Å². The molecule has 2 aliphatic heterocycles. The molecular weight excluding hydrogens is 305 g/mol. The minimum Gasteiger partial charge on any atom is -0.318 e. The van der Waals surface area contributed by atoms with Gasteiger partial charge in [-0.3, -0.25) is 0 Å². The van der Waals surface area contributed by atoms with Crippen LogP contribution >= 0.6 is 0 Å². The number of alkyl halides is 3. The smallest absolute Gasteiger partial charge is 0.318 e. The van der Waals surface area contributed by atoms with E-state index in [2.05, 4.69) is 4.99 Å². The van der Waals surface area contributed by atoms with Crippen LogP contribution in [-0.4, -0.2) is 25.0 Å². The zero-order chi connectivity index (χ0) is 15.3. The lowest BCUT2D eigenvalue weighted by Crippen LogP contribution is -2.29. The molecule has 2 aliphatic rings. The van der Waals surface area contributed by atoms with Gasteiger partial charge in [0, 0.05) is 6.20 Å². The van der Waals surface area contributed by atoms with Crippen LogP contribution in [0.25, 0.3) is 0 Å². The fraction of sp³-hybridized carbons (Fsp3) is 0.154. The van der Waals surface area contributed by atoms with Gasteiger partial charge in [-0.05, 0) is 30.4 Å². The van der Waals surface area contributed by atoms with Gasteiger partial charge in [0.05, 0.1) is 16.1 Å². The Kier molecular flexibility index (Phi) is 2.94. The Bertz CT molecular complexity index is 792. The van der Waals surface area contributed by atoms with Crippen LogP contribution in [0.15, 0.2) is 52.5 Å². The summed E-state index contributed by atoms with van der Waals surface area (Å²) in [5.41, 5.74) is -1.12. The SMILES string of the molecule is O=S1(=O)CN2C=CC=CC2=Nc2cc(C(F)(F)F)ccc21. The fourth-order valence-electron chi connectivity index (χ4n) is 2.10. The molecule has 0 N–H and O–H groups in total. The molecule has 0 radical (unpaired) electrons. The van der Waals surface area contributed by atoms with E-state index >= 15 is 0 Å². The third-order valence-electron chi connectivity index (χ3n) is 3.08. The van der Waals surface area contributed by atoms with E-state index in [0.717, 1.165) is 18.2 Å². The molecule has 110 valence electrons. The molecule has 4 nitrogen and oxygen atoms in total. The summed E-state index contributed by atoms with van der Waals surface area (Å²) < 4.78 is 62.8. The second-order valence-electron chi connectivity index (χ2n) is 4.56. The molecule has 0 amide bonds. The lowest BCUT2D eigenvalue weighted by Gasteiger charge is -2.19. The van der Waals surface area contributed by atoms with Gasteiger partial charge in [-0.2, -0.15) is 13.2 Å². The number of aliphatic imine (C=N–C) groups is 1. The predicted molar refractivity (Wildman–Crippen MR) is 70.7 cm³/mol. The first-order valence-corrected chi connectivity index (χ1v) is 7.57. The average Bonchev–Trinajstić information content (AvgIpc) is 2.50. The molecule has 0 aliphatic carbocycles. The summed E-state index contributed by atoms with van der Waals surface area (Å²) in [7, 11) is -3.75. The van der Waals surface area contributed by atoms with Crippen molar-refractivity contribution in [2.75, 3.05) is 5.88 Å². The van der Waals surface area contributed by atoms with Crippen LogP contribution in [0.5, 0.6) is 0 Å². The van der Waals surface area contributed by atoms with Crippen molar-refractivity contribution in [2.24, 2.45) is 4.99 Å². The number of hydrogen-bond acceptors (Lipinski definition) is 4. The lowest BCUT2D eigenvalue weighted by molar-refractivity contribution is -0.137. The summed E-state index contributed by atoms with van der Waals surface area (Å²) in [6, 6.07) is 2.48. The highest BCUT2D eigenvalue weighted by molar-refractivity contribution is 7.91. The summed E-state index contributed by atoms with van der Waals surface area (Å²) >= 11 is 0. The molecule has 0 fully saturated rings. The van der Waals surface area contributed by atoms with Crippen LogP contribution in [0.2, 0.25) is 0 Å². The molecule has 0 aromatic heterocycles. The molecule has 2 heterocycles. The number of hydrogen-bond donors (Lipinski definition) is 0. The Morgan fingerprint density at radius 3 is 2.67 bits per heavy atom. The van der Waals surface area contributed by atoms with Gasteiger partial charge in [-0.25, -0.2) is 13.4 Å². The van der Waals surface area contributed by atoms with E-state index in [9.17, 15) is 21.6 Å². The Morgan fingerprint density at radius 2 is 1.95 bits per heavy atom.